The zero-order chi connectivity index (χ0) is 13.5. The number of furan rings is 1. The first-order valence-electron chi connectivity index (χ1n) is 5.62. The van der Waals surface area contributed by atoms with Gasteiger partial charge in [-0.1, -0.05) is 23.7 Å². The number of hydrogen-bond donors (Lipinski definition) is 1. The molecule has 0 radical (unpaired) electrons. The van der Waals surface area contributed by atoms with Gasteiger partial charge in [-0.25, -0.2) is 4.79 Å². The largest absolute Gasteiger partial charge is 0.465 e. The average Bonchev–Trinajstić information content (AvgIpc) is 2.90. The number of carbonyl (C=O) groups is 1. The molecule has 0 fully saturated rings. The first-order valence-corrected chi connectivity index (χ1v) is 5.99. The van der Waals surface area contributed by atoms with Crippen molar-refractivity contribution in [3.05, 3.63) is 65.2 Å². The molecule has 1 aromatic carbocycles. The summed E-state index contributed by atoms with van der Waals surface area (Å²) in [6.07, 6.45) is 4.10. The van der Waals surface area contributed by atoms with E-state index < -0.39 is 6.09 Å². The molecule has 0 spiro atoms. The van der Waals surface area contributed by atoms with Crippen LogP contribution in [-0.2, 0) is 11.3 Å². The van der Waals surface area contributed by atoms with Crippen LogP contribution in [0.2, 0.25) is 5.02 Å². The van der Waals surface area contributed by atoms with Crippen molar-refractivity contribution < 1.29 is 13.9 Å². The Morgan fingerprint density at radius 1 is 1.37 bits per heavy atom. The third kappa shape index (κ3) is 4.52. The van der Waals surface area contributed by atoms with Crippen LogP contribution in [0.4, 0.5) is 4.79 Å². The highest BCUT2D eigenvalue weighted by Crippen LogP contribution is 2.11. The molecule has 0 unspecified atom stereocenters. The summed E-state index contributed by atoms with van der Waals surface area (Å²) in [4.78, 5) is 11.4. The second-order valence-corrected chi connectivity index (χ2v) is 4.14. The van der Waals surface area contributed by atoms with E-state index in [1.807, 2.05) is 6.07 Å². The van der Waals surface area contributed by atoms with Gasteiger partial charge in [-0.15, -0.1) is 0 Å². The zero-order valence-electron chi connectivity index (χ0n) is 10.0. The Hall–Kier alpha value is -2.20. The van der Waals surface area contributed by atoms with Gasteiger partial charge in [-0.05, 0) is 35.9 Å². The molecule has 1 amide bonds. The van der Waals surface area contributed by atoms with Crippen molar-refractivity contribution in [2.24, 2.45) is 0 Å². The number of hydrogen-bond acceptors (Lipinski definition) is 3. The fourth-order valence-corrected chi connectivity index (χ4v) is 1.61. The minimum Gasteiger partial charge on any atom is -0.465 e. The van der Waals surface area contributed by atoms with Crippen LogP contribution >= 0.6 is 11.6 Å². The monoisotopic (exact) mass is 277 g/mol. The number of benzene rings is 1. The van der Waals surface area contributed by atoms with E-state index >= 15 is 0 Å². The van der Waals surface area contributed by atoms with Crippen LogP contribution < -0.4 is 5.32 Å². The van der Waals surface area contributed by atoms with E-state index in [1.54, 1.807) is 42.7 Å². The van der Waals surface area contributed by atoms with Crippen molar-refractivity contribution in [1.29, 1.82) is 0 Å². The summed E-state index contributed by atoms with van der Waals surface area (Å²) in [5, 5.41) is 3.08. The molecule has 0 saturated carbocycles. The maximum atomic E-state index is 11.4. The quantitative estimate of drug-likeness (QED) is 0.924. The van der Waals surface area contributed by atoms with E-state index in [2.05, 4.69) is 5.32 Å². The summed E-state index contributed by atoms with van der Waals surface area (Å²) >= 11 is 5.82. The Balaban J connectivity index is 1.76. The number of alkyl carbamates (subject to hydrolysis) is 1. The van der Waals surface area contributed by atoms with Crippen molar-refractivity contribution >= 4 is 23.8 Å². The van der Waals surface area contributed by atoms with E-state index in [4.69, 9.17) is 20.8 Å². The Bertz CT molecular complexity index is 564. The summed E-state index contributed by atoms with van der Waals surface area (Å²) in [6, 6.07) is 10.7. The van der Waals surface area contributed by atoms with Crippen LogP contribution in [0.25, 0.3) is 6.08 Å². The molecule has 0 aliphatic rings. The molecule has 0 atom stereocenters. The molecule has 1 aromatic heterocycles. The van der Waals surface area contributed by atoms with Gasteiger partial charge in [0.25, 0.3) is 0 Å². The van der Waals surface area contributed by atoms with E-state index in [0.29, 0.717) is 10.8 Å². The van der Waals surface area contributed by atoms with E-state index in [-0.39, 0.29) is 6.61 Å². The summed E-state index contributed by atoms with van der Waals surface area (Å²) < 4.78 is 10.1. The highest BCUT2D eigenvalue weighted by molar-refractivity contribution is 6.30. The maximum absolute atomic E-state index is 11.4. The van der Waals surface area contributed by atoms with Gasteiger partial charge in [-0.2, -0.15) is 0 Å². The van der Waals surface area contributed by atoms with Gasteiger partial charge in [0.05, 0.1) is 6.26 Å². The van der Waals surface area contributed by atoms with E-state index in [0.717, 1.165) is 5.56 Å². The predicted molar refractivity (Wildman–Crippen MR) is 72.5 cm³/mol. The molecular weight excluding hydrogens is 266 g/mol. The molecule has 1 heterocycles. The average molecular weight is 278 g/mol. The number of amides is 1. The highest BCUT2D eigenvalue weighted by atomic mass is 35.5. The second kappa shape index (κ2) is 6.66. The fraction of sp³-hybridized carbons (Fsp3) is 0.0714. The van der Waals surface area contributed by atoms with E-state index in [1.165, 1.54) is 6.20 Å². The number of nitrogens with one attached hydrogen (secondary N) is 1. The third-order valence-corrected chi connectivity index (χ3v) is 2.49. The standard InChI is InChI=1S/C14H12ClNO3/c15-12-4-1-3-11(9-12)10-19-14(17)16-7-6-13-5-2-8-18-13/h1-9H,10H2,(H,16,17)/b7-6+. The third-order valence-electron chi connectivity index (χ3n) is 2.25. The smallest absolute Gasteiger partial charge is 0.411 e. The molecular formula is C14H12ClNO3. The van der Waals surface area contributed by atoms with Crippen LogP contribution in [0.1, 0.15) is 11.3 Å². The molecule has 0 aliphatic carbocycles. The van der Waals surface area contributed by atoms with Crippen molar-refractivity contribution in [2.45, 2.75) is 6.61 Å². The normalized spacial score (nSPS) is 10.6. The van der Waals surface area contributed by atoms with Gasteiger partial charge in [-0.3, -0.25) is 5.32 Å². The van der Waals surface area contributed by atoms with Gasteiger partial charge in [0.15, 0.2) is 0 Å². The minimum atomic E-state index is -0.539. The van der Waals surface area contributed by atoms with Gasteiger partial charge in [0.2, 0.25) is 0 Å². The number of halogens is 1. The molecule has 2 aromatic rings. The minimum absolute atomic E-state index is 0.168. The summed E-state index contributed by atoms with van der Waals surface area (Å²) in [6.45, 7) is 0.168. The van der Waals surface area contributed by atoms with Gasteiger partial charge in [0, 0.05) is 11.2 Å². The highest BCUT2D eigenvalue weighted by Gasteiger charge is 2.00. The fourth-order valence-electron chi connectivity index (χ4n) is 1.40. The van der Waals surface area contributed by atoms with Crippen LogP contribution in [0, 0.1) is 0 Å². The lowest BCUT2D eigenvalue weighted by Crippen LogP contribution is -2.18. The Morgan fingerprint density at radius 2 is 2.26 bits per heavy atom. The van der Waals surface area contributed by atoms with Crippen LogP contribution in [0.5, 0.6) is 0 Å². The Labute approximate surface area is 115 Å². The molecule has 19 heavy (non-hydrogen) atoms. The van der Waals surface area contributed by atoms with Crippen LogP contribution in [0.3, 0.4) is 0 Å². The molecule has 0 bridgehead atoms. The SMILES string of the molecule is O=C(N/C=C/c1ccco1)OCc1cccc(Cl)c1. The molecule has 2 rings (SSSR count). The summed E-state index contributed by atoms with van der Waals surface area (Å²) in [5.74, 6) is 0.648. The predicted octanol–water partition coefficient (Wildman–Crippen LogP) is 3.83. The number of ether oxygens (including phenoxy) is 1. The summed E-state index contributed by atoms with van der Waals surface area (Å²) in [5.41, 5.74) is 0.831. The van der Waals surface area contributed by atoms with Gasteiger partial charge >= 0.3 is 6.09 Å². The number of rotatable bonds is 4. The van der Waals surface area contributed by atoms with Gasteiger partial charge in [0.1, 0.15) is 12.4 Å². The lowest BCUT2D eigenvalue weighted by atomic mass is 10.2. The molecule has 4 nitrogen and oxygen atoms in total. The topological polar surface area (TPSA) is 51.5 Å². The molecule has 0 aliphatic heterocycles. The zero-order valence-corrected chi connectivity index (χ0v) is 10.8. The maximum Gasteiger partial charge on any atom is 0.411 e. The molecule has 1 N–H and O–H groups in total. The Kier molecular flexibility index (Phi) is 4.64. The van der Waals surface area contributed by atoms with Crippen molar-refractivity contribution in [2.75, 3.05) is 0 Å². The lowest BCUT2D eigenvalue weighted by molar-refractivity contribution is 0.143. The van der Waals surface area contributed by atoms with Crippen LogP contribution in [0.15, 0.2) is 53.3 Å². The van der Waals surface area contributed by atoms with Crippen molar-refractivity contribution in [3.63, 3.8) is 0 Å². The van der Waals surface area contributed by atoms with Crippen molar-refractivity contribution in [3.8, 4) is 0 Å². The number of carbonyl (C=O) groups excluding carboxylic acids is 1. The lowest BCUT2D eigenvalue weighted by Gasteiger charge is -2.04. The summed E-state index contributed by atoms with van der Waals surface area (Å²) in [7, 11) is 0. The molecule has 5 heteroatoms. The first kappa shape index (κ1) is 13.2. The molecule has 0 saturated heterocycles. The van der Waals surface area contributed by atoms with E-state index in [9.17, 15) is 4.79 Å². The first-order chi connectivity index (χ1) is 9.24. The second-order valence-electron chi connectivity index (χ2n) is 3.70. The Morgan fingerprint density at radius 3 is 3.00 bits per heavy atom. The van der Waals surface area contributed by atoms with Crippen LogP contribution in [-0.4, -0.2) is 6.09 Å². The van der Waals surface area contributed by atoms with Gasteiger partial charge < -0.3 is 9.15 Å². The van der Waals surface area contributed by atoms with Crippen molar-refractivity contribution in [1.82, 2.24) is 5.32 Å². The molecule has 98 valence electrons.